The van der Waals surface area contributed by atoms with Crippen molar-refractivity contribution in [2.24, 2.45) is 0 Å². The first-order chi connectivity index (χ1) is 8.41. The van der Waals surface area contributed by atoms with Gasteiger partial charge in [0.15, 0.2) is 7.62 Å². The van der Waals surface area contributed by atoms with E-state index in [1.165, 1.54) is 40.0 Å². The van der Waals surface area contributed by atoms with E-state index >= 15 is 0 Å². The van der Waals surface area contributed by atoms with Crippen LogP contribution in [0.25, 0.3) is 0 Å². The van der Waals surface area contributed by atoms with E-state index in [1.807, 2.05) is 0 Å². The topological polar surface area (TPSA) is 0 Å². The van der Waals surface area contributed by atoms with Crippen molar-refractivity contribution < 1.29 is 0 Å². The molecule has 0 atom stereocenters. The van der Waals surface area contributed by atoms with E-state index in [0.29, 0.717) is 0 Å². The summed E-state index contributed by atoms with van der Waals surface area (Å²) < 4.78 is 0. The molecule has 0 aromatic heterocycles. The van der Waals surface area contributed by atoms with Gasteiger partial charge in [0.25, 0.3) is 0 Å². The second-order valence-corrected chi connectivity index (χ2v) is 18.0. The van der Waals surface area contributed by atoms with E-state index in [4.69, 9.17) is 11.1 Å². The van der Waals surface area contributed by atoms with E-state index in [-0.39, 0.29) is 0 Å². The number of hydrogen-bond acceptors (Lipinski definition) is 0. The maximum atomic E-state index is 7.06. The van der Waals surface area contributed by atoms with Crippen molar-refractivity contribution in [3.05, 3.63) is 28.8 Å². The maximum Gasteiger partial charge on any atom is 0.187 e. The van der Waals surface area contributed by atoms with Gasteiger partial charge in [-0.05, 0) is 26.0 Å². The SMILES string of the molecule is CC[Si](CC)(CC)[Si](Cl)c1c(C)cc(C)cc1C. The Bertz CT molecular complexity index is 380. The number of benzene rings is 1. The molecule has 0 aliphatic heterocycles. The highest BCUT2D eigenvalue weighted by molar-refractivity contribution is 7.54. The summed E-state index contributed by atoms with van der Waals surface area (Å²) in [6.07, 6.45) is 0. The third-order valence-electron chi connectivity index (χ3n) is 4.39. The van der Waals surface area contributed by atoms with Crippen molar-refractivity contribution in [1.82, 2.24) is 0 Å². The van der Waals surface area contributed by atoms with E-state index in [2.05, 4.69) is 53.7 Å². The van der Waals surface area contributed by atoms with Gasteiger partial charge in [0, 0.05) is 0 Å². The minimum atomic E-state index is -1.27. The monoisotopic (exact) mass is 297 g/mol. The van der Waals surface area contributed by atoms with Gasteiger partial charge >= 0.3 is 0 Å². The second kappa shape index (κ2) is 6.40. The zero-order chi connectivity index (χ0) is 13.9. The Labute approximate surface area is 120 Å². The molecule has 0 aliphatic rings. The lowest BCUT2D eigenvalue weighted by atomic mass is 10.1. The molecule has 1 rings (SSSR count). The molecule has 0 aliphatic carbocycles. The largest absolute Gasteiger partial charge is 0.187 e. The van der Waals surface area contributed by atoms with Crippen molar-refractivity contribution >= 4 is 31.5 Å². The van der Waals surface area contributed by atoms with Gasteiger partial charge in [-0.25, -0.2) is 0 Å². The Kier molecular flexibility index (Phi) is 5.69. The molecule has 1 aromatic carbocycles. The Morgan fingerprint density at radius 1 is 0.944 bits per heavy atom. The van der Waals surface area contributed by atoms with Crippen LogP contribution in [0.4, 0.5) is 0 Å². The molecule has 3 heteroatoms. The van der Waals surface area contributed by atoms with Crippen LogP contribution in [0.15, 0.2) is 12.1 Å². The van der Waals surface area contributed by atoms with Crippen LogP contribution >= 0.6 is 11.1 Å². The lowest BCUT2D eigenvalue weighted by Gasteiger charge is -2.33. The summed E-state index contributed by atoms with van der Waals surface area (Å²) in [7, 11) is -2.16. The van der Waals surface area contributed by atoms with Crippen LogP contribution in [0.1, 0.15) is 37.5 Å². The number of halogens is 1. The van der Waals surface area contributed by atoms with Gasteiger partial charge < -0.3 is 0 Å². The number of aryl methyl sites for hydroxylation is 3. The Morgan fingerprint density at radius 2 is 1.33 bits per heavy atom. The van der Waals surface area contributed by atoms with Crippen LogP contribution in [-0.4, -0.2) is 15.2 Å². The summed E-state index contributed by atoms with van der Waals surface area (Å²) in [5.41, 5.74) is 4.20. The third kappa shape index (κ3) is 2.92. The Hall–Kier alpha value is -0.0562. The predicted molar refractivity (Wildman–Crippen MR) is 89.1 cm³/mol. The number of rotatable bonds is 5. The molecule has 0 saturated carbocycles. The zero-order valence-electron chi connectivity index (χ0n) is 12.7. The highest BCUT2D eigenvalue weighted by Gasteiger charge is 2.39. The standard InChI is InChI=1S/C15H26ClSi2/c1-7-18(8-2,9-3)17(16)15-13(5)10-12(4)11-14(15)6/h10-11H,7-9H2,1-6H3. The fourth-order valence-electron chi connectivity index (χ4n) is 3.01. The fourth-order valence-corrected chi connectivity index (χ4v) is 16.9. The highest BCUT2D eigenvalue weighted by atomic mass is 35.6. The van der Waals surface area contributed by atoms with E-state index in [0.717, 1.165) is 0 Å². The van der Waals surface area contributed by atoms with Gasteiger partial charge in [0.2, 0.25) is 0 Å². The molecule has 0 unspecified atom stereocenters. The van der Waals surface area contributed by atoms with Gasteiger partial charge in [-0.15, -0.1) is 0 Å². The third-order valence-corrected chi connectivity index (χ3v) is 21.5. The average molecular weight is 298 g/mol. The molecule has 1 aromatic rings. The maximum absolute atomic E-state index is 7.06. The van der Waals surface area contributed by atoms with Gasteiger partial charge in [0.1, 0.15) is 0 Å². The van der Waals surface area contributed by atoms with Crippen LogP contribution in [-0.2, 0) is 0 Å². The van der Waals surface area contributed by atoms with Crippen molar-refractivity contribution in [2.75, 3.05) is 0 Å². The quantitative estimate of drug-likeness (QED) is 0.549. The van der Waals surface area contributed by atoms with Crippen LogP contribution in [0.5, 0.6) is 0 Å². The molecule has 1 radical (unpaired) electrons. The minimum Gasteiger partial charge on any atom is -0.166 e. The van der Waals surface area contributed by atoms with Crippen molar-refractivity contribution in [3.63, 3.8) is 0 Å². The van der Waals surface area contributed by atoms with Crippen molar-refractivity contribution in [1.29, 1.82) is 0 Å². The first-order valence-electron chi connectivity index (χ1n) is 7.03. The van der Waals surface area contributed by atoms with E-state index in [1.54, 1.807) is 0 Å². The lowest BCUT2D eigenvalue weighted by Crippen LogP contribution is -2.54. The predicted octanol–water partition coefficient (Wildman–Crippen LogP) is 4.64. The molecule has 101 valence electrons. The van der Waals surface area contributed by atoms with Gasteiger partial charge in [0.05, 0.1) is 7.59 Å². The summed E-state index contributed by atoms with van der Waals surface area (Å²) in [5, 5.41) is 1.52. The van der Waals surface area contributed by atoms with E-state index in [9.17, 15) is 0 Å². The molecule has 0 bridgehead atoms. The molecule has 18 heavy (non-hydrogen) atoms. The summed E-state index contributed by atoms with van der Waals surface area (Å²) in [6, 6.07) is 8.57. The lowest BCUT2D eigenvalue weighted by molar-refractivity contribution is 1.21. The molecule has 0 spiro atoms. The summed E-state index contributed by atoms with van der Waals surface area (Å²) in [6.45, 7) is 13.7. The molecular formula is C15H26ClSi2. The summed E-state index contributed by atoms with van der Waals surface area (Å²) in [4.78, 5) is 0. The van der Waals surface area contributed by atoms with Crippen LogP contribution in [0, 0.1) is 20.8 Å². The Balaban J connectivity index is 3.29. The molecule has 0 saturated heterocycles. The smallest absolute Gasteiger partial charge is 0.166 e. The van der Waals surface area contributed by atoms with Gasteiger partial charge in [-0.3, -0.25) is 0 Å². The van der Waals surface area contributed by atoms with Crippen LogP contribution < -0.4 is 5.19 Å². The molecular weight excluding hydrogens is 272 g/mol. The molecule has 0 amide bonds. The first kappa shape index (κ1) is 16.0. The second-order valence-electron chi connectivity index (χ2n) is 5.43. The van der Waals surface area contributed by atoms with Crippen LogP contribution in [0.2, 0.25) is 18.1 Å². The fraction of sp³-hybridized carbons (Fsp3) is 0.600. The van der Waals surface area contributed by atoms with Crippen molar-refractivity contribution in [2.45, 2.75) is 59.7 Å². The van der Waals surface area contributed by atoms with Gasteiger partial charge in [-0.2, -0.15) is 11.1 Å². The molecule has 0 fully saturated rings. The summed E-state index contributed by atoms with van der Waals surface area (Å²) in [5.74, 6) is 0. The Morgan fingerprint density at radius 3 is 1.67 bits per heavy atom. The normalized spacial score (nSPS) is 12.2. The van der Waals surface area contributed by atoms with Gasteiger partial charge in [-0.1, -0.05) is 67.7 Å². The molecule has 0 nitrogen and oxygen atoms in total. The average Bonchev–Trinajstić information content (AvgIpc) is 2.30. The van der Waals surface area contributed by atoms with E-state index < -0.39 is 15.2 Å². The minimum absolute atomic E-state index is 0.883. The first-order valence-corrected chi connectivity index (χ1v) is 13.2. The van der Waals surface area contributed by atoms with Crippen LogP contribution in [0.3, 0.4) is 0 Å². The molecule has 0 heterocycles. The number of hydrogen-bond donors (Lipinski definition) is 0. The zero-order valence-corrected chi connectivity index (χ0v) is 15.4. The van der Waals surface area contributed by atoms with Crippen molar-refractivity contribution in [3.8, 4) is 0 Å². The summed E-state index contributed by atoms with van der Waals surface area (Å²) >= 11 is 7.06. The molecule has 0 N–H and O–H groups in total. The highest BCUT2D eigenvalue weighted by Crippen LogP contribution is 2.27.